The second-order valence-corrected chi connectivity index (χ2v) is 4.48. The standard InChI is InChI=1S/C11H9BrN4O3/c12-6-1-2-8(10(17)18)9(3-6)16-11(19)15-7-4-13-14-5-7/h1-5H,(H,13,14)(H,17,18)(H2,15,16,19). The first-order valence-corrected chi connectivity index (χ1v) is 5.95. The predicted octanol–water partition coefficient (Wildman–Crippen LogP) is 2.51. The molecule has 0 radical (unpaired) electrons. The fraction of sp³-hybridized carbons (Fsp3) is 0. The van der Waals surface area contributed by atoms with Crippen molar-refractivity contribution in [2.24, 2.45) is 0 Å². The average Bonchev–Trinajstić information content (AvgIpc) is 2.81. The highest BCUT2D eigenvalue weighted by atomic mass is 79.9. The van der Waals surface area contributed by atoms with Gasteiger partial charge in [0, 0.05) is 10.7 Å². The number of hydrogen-bond donors (Lipinski definition) is 4. The average molecular weight is 325 g/mol. The number of rotatable bonds is 3. The number of carboxylic acid groups (broad SMARTS) is 1. The minimum atomic E-state index is -1.12. The normalized spacial score (nSPS) is 9.95. The van der Waals surface area contributed by atoms with Gasteiger partial charge in [-0.3, -0.25) is 5.10 Å². The van der Waals surface area contributed by atoms with E-state index in [-0.39, 0.29) is 11.3 Å². The van der Waals surface area contributed by atoms with Gasteiger partial charge >= 0.3 is 12.0 Å². The number of carbonyl (C=O) groups is 2. The van der Waals surface area contributed by atoms with E-state index in [1.165, 1.54) is 24.5 Å². The molecule has 0 aliphatic heterocycles. The third-order valence-electron chi connectivity index (χ3n) is 2.22. The van der Waals surface area contributed by atoms with E-state index >= 15 is 0 Å². The third kappa shape index (κ3) is 3.32. The van der Waals surface area contributed by atoms with Crippen LogP contribution in [0.5, 0.6) is 0 Å². The maximum atomic E-state index is 11.7. The van der Waals surface area contributed by atoms with Crippen molar-refractivity contribution >= 4 is 39.3 Å². The van der Waals surface area contributed by atoms with Crippen LogP contribution in [0.3, 0.4) is 0 Å². The van der Waals surface area contributed by atoms with Crippen molar-refractivity contribution in [3.63, 3.8) is 0 Å². The first kappa shape index (κ1) is 13.1. The van der Waals surface area contributed by atoms with Crippen LogP contribution in [0.15, 0.2) is 35.1 Å². The Morgan fingerprint density at radius 1 is 1.32 bits per heavy atom. The molecule has 0 bridgehead atoms. The number of carboxylic acids is 1. The van der Waals surface area contributed by atoms with Crippen molar-refractivity contribution in [1.29, 1.82) is 0 Å². The summed E-state index contributed by atoms with van der Waals surface area (Å²) in [5.41, 5.74) is 0.679. The summed E-state index contributed by atoms with van der Waals surface area (Å²) < 4.78 is 0.663. The molecule has 98 valence electrons. The molecule has 4 N–H and O–H groups in total. The van der Waals surface area contributed by atoms with Crippen LogP contribution in [0.2, 0.25) is 0 Å². The number of amides is 2. The van der Waals surface area contributed by atoms with Crippen LogP contribution in [-0.2, 0) is 0 Å². The highest BCUT2D eigenvalue weighted by Gasteiger charge is 2.13. The Hall–Kier alpha value is -2.35. The van der Waals surface area contributed by atoms with E-state index < -0.39 is 12.0 Å². The van der Waals surface area contributed by atoms with Gasteiger partial charge in [0.15, 0.2) is 0 Å². The van der Waals surface area contributed by atoms with Crippen LogP contribution in [0.1, 0.15) is 10.4 Å². The molecule has 0 fully saturated rings. The lowest BCUT2D eigenvalue weighted by atomic mass is 10.2. The highest BCUT2D eigenvalue weighted by Crippen LogP contribution is 2.21. The number of aromatic carboxylic acids is 1. The molecule has 8 heteroatoms. The molecule has 0 saturated carbocycles. The van der Waals surface area contributed by atoms with Crippen LogP contribution in [0.4, 0.5) is 16.2 Å². The highest BCUT2D eigenvalue weighted by molar-refractivity contribution is 9.10. The van der Waals surface area contributed by atoms with Crippen molar-refractivity contribution < 1.29 is 14.7 Å². The lowest BCUT2D eigenvalue weighted by Gasteiger charge is -2.09. The predicted molar refractivity (Wildman–Crippen MR) is 72.3 cm³/mol. The van der Waals surface area contributed by atoms with E-state index in [0.717, 1.165) is 0 Å². The second-order valence-electron chi connectivity index (χ2n) is 3.56. The van der Waals surface area contributed by atoms with E-state index in [4.69, 9.17) is 5.11 Å². The molecule has 0 aliphatic carbocycles. The smallest absolute Gasteiger partial charge is 0.337 e. The third-order valence-corrected chi connectivity index (χ3v) is 2.71. The Balaban J connectivity index is 2.16. The van der Waals surface area contributed by atoms with Gasteiger partial charge in [0.1, 0.15) is 0 Å². The maximum Gasteiger partial charge on any atom is 0.337 e. The Labute approximate surface area is 116 Å². The first-order chi connectivity index (χ1) is 9.06. The summed E-state index contributed by atoms with van der Waals surface area (Å²) in [6.45, 7) is 0. The monoisotopic (exact) mass is 324 g/mol. The molecular formula is C11H9BrN4O3. The number of halogens is 1. The summed E-state index contributed by atoms with van der Waals surface area (Å²) in [6, 6.07) is 3.95. The van der Waals surface area contributed by atoms with Crippen molar-refractivity contribution in [3.8, 4) is 0 Å². The number of benzene rings is 1. The maximum absolute atomic E-state index is 11.7. The lowest BCUT2D eigenvalue weighted by molar-refractivity contribution is 0.0698. The fourth-order valence-electron chi connectivity index (χ4n) is 1.41. The first-order valence-electron chi connectivity index (χ1n) is 5.16. The second kappa shape index (κ2) is 5.53. The van der Waals surface area contributed by atoms with Gasteiger partial charge < -0.3 is 15.7 Å². The number of aromatic nitrogens is 2. The van der Waals surface area contributed by atoms with E-state index in [1.807, 2.05) is 0 Å². The molecule has 2 aromatic rings. The number of nitrogens with one attached hydrogen (secondary N) is 3. The lowest BCUT2D eigenvalue weighted by Crippen LogP contribution is -2.20. The number of urea groups is 1. The molecule has 0 spiro atoms. The Morgan fingerprint density at radius 3 is 2.74 bits per heavy atom. The number of anilines is 2. The van der Waals surface area contributed by atoms with Crippen LogP contribution in [-0.4, -0.2) is 27.3 Å². The van der Waals surface area contributed by atoms with Crippen molar-refractivity contribution in [2.75, 3.05) is 10.6 Å². The molecule has 1 aromatic heterocycles. The van der Waals surface area contributed by atoms with Crippen LogP contribution >= 0.6 is 15.9 Å². The summed E-state index contributed by atoms with van der Waals surface area (Å²) in [5, 5.41) is 20.2. The van der Waals surface area contributed by atoms with E-state index in [2.05, 4.69) is 36.8 Å². The van der Waals surface area contributed by atoms with Gasteiger partial charge in [0.2, 0.25) is 0 Å². The molecular weight excluding hydrogens is 316 g/mol. The number of carbonyl (C=O) groups excluding carboxylic acids is 1. The molecule has 0 unspecified atom stereocenters. The van der Waals surface area contributed by atoms with Gasteiger partial charge in [-0.05, 0) is 18.2 Å². The molecule has 0 aliphatic rings. The summed E-state index contributed by atoms with van der Waals surface area (Å²) in [4.78, 5) is 22.7. The molecule has 1 heterocycles. The Bertz CT molecular complexity index is 612. The number of H-pyrrole nitrogens is 1. The zero-order valence-corrected chi connectivity index (χ0v) is 11.1. The molecule has 7 nitrogen and oxygen atoms in total. The van der Waals surface area contributed by atoms with Crippen molar-refractivity contribution in [2.45, 2.75) is 0 Å². The summed E-state index contributed by atoms with van der Waals surface area (Å²) in [7, 11) is 0. The molecule has 2 rings (SSSR count). The largest absolute Gasteiger partial charge is 0.478 e. The zero-order chi connectivity index (χ0) is 13.8. The van der Waals surface area contributed by atoms with E-state index in [1.54, 1.807) is 6.07 Å². The van der Waals surface area contributed by atoms with Gasteiger partial charge in [-0.1, -0.05) is 15.9 Å². The summed E-state index contributed by atoms with van der Waals surface area (Å²) >= 11 is 3.22. The molecule has 0 atom stereocenters. The van der Waals surface area contributed by atoms with Crippen molar-refractivity contribution in [1.82, 2.24) is 10.2 Å². The Morgan fingerprint density at radius 2 is 2.11 bits per heavy atom. The molecule has 19 heavy (non-hydrogen) atoms. The van der Waals surface area contributed by atoms with Crippen LogP contribution < -0.4 is 10.6 Å². The van der Waals surface area contributed by atoms with E-state index in [9.17, 15) is 9.59 Å². The molecule has 0 saturated heterocycles. The number of nitrogens with zero attached hydrogens (tertiary/aromatic N) is 1. The summed E-state index contributed by atoms with van der Waals surface area (Å²) in [6.07, 6.45) is 2.93. The Kier molecular flexibility index (Phi) is 3.81. The number of aromatic amines is 1. The van der Waals surface area contributed by atoms with Gasteiger partial charge in [-0.25, -0.2) is 9.59 Å². The van der Waals surface area contributed by atoms with Gasteiger partial charge in [-0.2, -0.15) is 5.10 Å². The SMILES string of the molecule is O=C(Nc1cn[nH]c1)Nc1cc(Br)ccc1C(=O)O. The van der Waals surface area contributed by atoms with Crippen LogP contribution in [0, 0.1) is 0 Å². The zero-order valence-electron chi connectivity index (χ0n) is 9.48. The molecule has 2 amide bonds. The topological polar surface area (TPSA) is 107 Å². The number of hydrogen-bond acceptors (Lipinski definition) is 3. The minimum Gasteiger partial charge on any atom is -0.478 e. The van der Waals surface area contributed by atoms with Gasteiger partial charge in [-0.15, -0.1) is 0 Å². The molecule has 1 aromatic carbocycles. The fourth-order valence-corrected chi connectivity index (χ4v) is 1.77. The summed E-state index contributed by atoms with van der Waals surface area (Å²) in [5.74, 6) is -1.12. The van der Waals surface area contributed by atoms with Crippen molar-refractivity contribution in [3.05, 3.63) is 40.6 Å². The quantitative estimate of drug-likeness (QED) is 0.695. The van der Waals surface area contributed by atoms with E-state index in [0.29, 0.717) is 10.2 Å². The van der Waals surface area contributed by atoms with Crippen LogP contribution in [0.25, 0.3) is 0 Å². The minimum absolute atomic E-state index is 0.00513. The van der Waals surface area contributed by atoms with Gasteiger partial charge in [0.05, 0.1) is 23.1 Å². The van der Waals surface area contributed by atoms with Gasteiger partial charge in [0.25, 0.3) is 0 Å².